The number of imide groups is 1. The van der Waals surface area contributed by atoms with E-state index in [4.69, 9.17) is 9.47 Å². The number of esters is 1. The molecular weight excluding hydrogens is 754 g/mol. The molecule has 3 rings (SSSR count). The summed E-state index contributed by atoms with van der Waals surface area (Å²) >= 11 is 13.3. The van der Waals surface area contributed by atoms with Crippen LogP contribution >= 0.6 is 63.7 Å². The van der Waals surface area contributed by atoms with Gasteiger partial charge in [-0.05, 0) is 81.8 Å². The summed E-state index contributed by atoms with van der Waals surface area (Å²) in [5, 5.41) is 13.6. The fraction of sp³-hybridized carbons (Fsp3) is 0.273. The van der Waals surface area contributed by atoms with E-state index in [9.17, 15) is 29.3 Å². The van der Waals surface area contributed by atoms with Crippen LogP contribution in [0.3, 0.4) is 0 Å². The number of benzene rings is 2. The molecule has 2 aromatic carbocycles. The van der Waals surface area contributed by atoms with Gasteiger partial charge in [0.15, 0.2) is 6.61 Å². The van der Waals surface area contributed by atoms with Crippen molar-refractivity contribution in [3.63, 3.8) is 0 Å². The standard InChI is InChI=1S/C22H17Br4N3O8/c1-8(2)19(28-20(31)13-14(21(28)32)16(24)18(26)17(25)15(13)23)22(33)37-7-12(30)27-10-5-4-9(36-3)6-11(10)29(34)35/h4-6,8,19H,7H2,1-3H3,(H,27,30)/t19-/m0/s1. The van der Waals surface area contributed by atoms with Crippen molar-refractivity contribution >= 4 is 98.8 Å². The zero-order valence-electron chi connectivity index (χ0n) is 19.3. The molecule has 0 radical (unpaired) electrons. The van der Waals surface area contributed by atoms with E-state index < -0.39 is 52.9 Å². The first-order chi connectivity index (χ1) is 17.3. The monoisotopic (exact) mass is 767 g/mol. The lowest BCUT2D eigenvalue weighted by atomic mass is 10.0. The molecule has 0 aliphatic carbocycles. The summed E-state index contributed by atoms with van der Waals surface area (Å²) in [6, 6.07) is 2.48. The average molecular weight is 771 g/mol. The van der Waals surface area contributed by atoms with Crippen LogP contribution in [0.2, 0.25) is 0 Å². The minimum atomic E-state index is -1.34. The first-order valence-corrected chi connectivity index (χ1v) is 13.5. The van der Waals surface area contributed by atoms with Gasteiger partial charge in [0.25, 0.3) is 23.4 Å². The summed E-state index contributed by atoms with van der Waals surface area (Å²) in [4.78, 5) is 63.4. The number of carbonyl (C=O) groups is 4. The van der Waals surface area contributed by atoms with Gasteiger partial charge in [0.1, 0.15) is 17.5 Å². The van der Waals surface area contributed by atoms with Crippen molar-refractivity contribution in [1.82, 2.24) is 4.90 Å². The Morgan fingerprint density at radius 2 is 1.57 bits per heavy atom. The lowest BCUT2D eigenvalue weighted by molar-refractivity contribution is -0.384. The van der Waals surface area contributed by atoms with E-state index >= 15 is 0 Å². The molecule has 0 saturated carbocycles. The zero-order valence-corrected chi connectivity index (χ0v) is 25.6. The highest BCUT2D eigenvalue weighted by Gasteiger charge is 2.48. The van der Waals surface area contributed by atoms with Crippen LogP contribution in [0.1, 0.15) is 34.6 Å². The molecule has 1 aliphatic rings. The number of anilines is 1. The molecule has 0 bridgehead atoms. The average Bonchev–Trinajstić information content (AvgIpc) is 3.10. The highest BCUT2D eigenvalue weighted by molar-refractivity contribution is 9.15. The van der Waals surface area contributed by atoms with Crippen LogP contribution in [-0.2, 0) is 14.3 Å². The van der Waals surface area contributed by atoms with Crippen molar-refractivity contribution in [3.05, 3.63) is 57.3 Å². The van der Waals surface area contributed by atoms with Crippen molar-refractivity contribution < 1.29 is 33.6 Å². The fourth-order valence-corrected chi connectivity index (χ4v) is 6.06. The van der Waals surface area contributed by atoms with Gasteiger partial charge in [0.2, 0.25) is 0 Å². The van der Waals surface area contributed by atoms with E-state index in [-0.39, 0.29) is 22.6 Å². The molecule has 11 nitrogen and oxygen atoms in total. The van der Waals surface area contributed by atoms with Crippen molar-refractivity contribution in [3.8, 4) is 5.75 Å². The summed E-state index contributed by atoms with van der Waals surface area (Å²) in [6.45, 7) is 2.43. The lowest BCUT2D eigenvalue weighted by Crippen LogP contribution is -2.49. The maximum atomic E-state index is 13.3. The predicted molar refractivity (Wildman–Crippen MR) is 146 cm³/mol. The Bertz CT molecular complexity index is 1300. The third-order valence-corrected chi connectivity index (χ3v) is 10.1. The SMILES string of the molecule is COc1ccc(NC(=O)COC(=O)[C@H](C(C)C)N2C(=O)c3c(Br)c(Br)c(Br)c(Br)c3C2=O)c([N+](=O)[O-])c1. The number of rotatable bonds is 8. The van der Waals surface area contributed by atoms with Crippen LogP contribution in [-0.4, -0.2) is 53.3 Å². The van der Waals surface area contributed by atoms with Crippen molar-refractivity contribution in [2.24, 2.45) is 5.92 Å². The second-order valence-corrected chi connectivity index (χ2v) is 11.1. The molecule has 0 saturated heterocycles. The molecule has 196 valence electrons. The molecule has 3 amide bonds. The smallest absolute Gasteiger partial charge is 0.330 e. The maximum absolute atomic E-state index is 13.3. The Labute approximate surface area is 243 Å². The third kappa shape index (κ3) is 5.59. The number of nitrogens with one attached hydrogen (secondary N) is 1. The molecule has 37 heavy (non-hydrogen) atoms. The summed E-state index contributed by atoms with van der Waals surface area (Å²) < 4.78 is 11.7. The van der Waals surface area contributed by atoms with Crippen LogP contribution in [0, 0.1) is 16.0 Å². The number of nitro benzene ring substituents is 1. The molecule has 2 aromatic rings. The number of carbonyl (C=O) groups excluding carboxylic acids is 4. The van der Waals surface area contributed by atoms with Gasteiger partial charge < -0.3 is 14.8 Å². The van der Waals surface area contributed by atoms with E-state index in [0.717, 1.165) is 11.0 Å². The van der Waals surface area contributed by atoms with Gasteiger partial charge in [-0.1, -0.05) is 13.8 Å². The highest BCUT2D eigenvalue weighted by atomic mass is 79.9. The molecule has 0 unspecified atom stereocenters. The molecule has 1 N–H and O–H groups in total. The largest absolute Gasteiger partial charge is 0.496 e. The first kappa shape index (κ1) is 29.2. The highest BCUT2D eigenvalue weighted by Crippen LogP contribution is 2.46. The lowest BCUT2D eigenvalue weighted by Gasteiger charge is -2.27. The maximum Gasteiger partial charge on any atom is 0.330 e. The van der Waals surface area contributed by atoms with E-state index in [1.807, 2.05) is 0 Å². The molecule has 0 spiro atoms. The van der Waals surface area contributed by atoms with E-state index in [0.29, 0.717) is 17.9 Å². The number of nitrogens with zero attached hydrogens (tertiary/aromatic N) is 2. The fourth-order valence-electron chi connectivity index (χ4n) is 3.60. The Hall–Kier alpha value is -2.36. The van der Waals surface area contributed by atoms with Gasteiger partial charge in [-0.2, -0.15) is 0 Å². The topological polar surface area (TPSA) is 145 Å². The number of ether oxygens (including phenoxy) is 2. The molecule has 15 heteroatoms. The van der Waals surface area contributed by atoms with Crippen LogP contribution < -0.4 is 10.1 Å². The van der Waals surface area contributed by atoms with Gasteiger partial charge in [-0.25, -0.2) is 4.79 Å². The number of hydrogen-bond donors (Lipinski definition) is 1. The normalized spacial score (nSPS) is 13.5. The van der Waals surface area contributed by atoms with Gasteiger partial charge in [-0.3, -0.25) is 29.4 Å². The Morgan fingerprint density at radius 1 is 1.03 bits per heavy atom. The van der Waals surface area contributed by atoms with E-state index in [2.05, 4.69) is 69.0 Å². The minimum Gasteiger partial charge on any atom is -0.496 e. The number of halogens is 4. The number of hydrogen-bond acceptors (Lipinski definition) is 8. The van der Waals surface area contributed by atoms with Crippen LogP contribution in [0.5, 0.6) is 5.75 Å². The predicted octanol–water partition coefficient (Wildman–Crippen LogP) is 5.46. The summed E-state index contributed by atoms with van der Waals surface area (Å²) in [5.41, 5.74) is -0.415. The molecular formula is C22H17Br4N3O8. The van der Waals surface area contributed by atoms with Gasteiger partial charge in [0, 0.05) is 17.9 Å². The molecule has 1 heterocycles. The number of fused-ring (bicyclic) bond motifs is 1. The van der Waals surface area contributed by atoms with E-state index in [1.165, 1.54) is 19.2 Å². The Morgan fingerprint density at radius 3 is 2.03 bits per heavy atom. The van der Waals surface area contributed by atoms with Gasteiger partial charge >= 0.3 is 5.97 Å². The molecule has 0 aromatic heterocycles. The van der Waals surface area contributed by atoms with Crippen LogP contribution in [0.4, 0.5) is 11.4 Å². The summed E-state index contributed by atoms with van der Waals surface area (Å²) in [7, 11) is 1.34. The minimum absolute atomic E-state index is 0.0648. The second kappa shape index (κ2) is 11.6. The second-order valence-electron chi connectivity index (χ2n) is 7.97. The molecule has 1 atom stereocenters. The van der Waals surface area contributed by atoms with Crippen molar-refractivity contribution in [1.29, 1.82) is 0 Å². The van der Waals surface area contributed by atoms with E-state index in [1.54, 1.807) is 13.8 Å². The number of nitro groups is 1. The number of amides is 3. The molecule has 1 aliphatic heterocycles. The summed E-state index contributed by atoms with van der Waals surface area (Å²) in [6.07, 6.45) is 0. The Balaban J connectivity index is 1.80. The zero-order chi connectivity index (χ0) is 27.8. The van der Waals surface area contributed by atoms with Crippen LogP contribution in [0.15, 0.2) is 36.1 Å². The van der Waals surface area contributed by atoms with Crippen molar-refractivity contribution in [2.45, 2.75) is 19.9 Å². The van der Waals surface area contributed by atoms with Gasteiger partial charge in [0.05, 0.1) is 29.2 Å². The van der Waals surface area contributed by atoms with Crippen molar-refractivity contribution in [2.75, 3.05) is 19.0 Å². The third-order valence-electron chi connectivity index (χ3n) is 5.30. The summed E-state index contributed by atoms with van der Waals surface area (Å²) in [5.74, 6) is -3.62. The number of methoxy groups -OCH3 is 1. The Kier molecular flexibility index (Phi) is 9.14. The molecule has 0 fully saturated rings. The quantitative estimate of drug-likeness (QED) is 0.0932. The van der Waals surface area contributed by atoms with Crippen LogP contribution in [0.25, 0.3) is 0 Å². The van der Waals surface area contributed by atoms with Gasteiger partial charge in [-0.15, -0.1) is 0 Å². The first-order valence-electron chi connectivity index (χ1n) is 10.3.